The first kappa shape index (κ1) is 15.8. The number of piperidine rings is 1. The predicted molar refractivity (Wildman–Crippen MR) is 89.6 cm³/mol. The highest BCUT2D eigenvalue weighted by atomic mass is 15.3. The Morgan fingerprint density at radius 2 is 1.76 bits per heavy atom. The van der Waals surface area contributed by atoms with Crippen LogP contribution in [0.1, 0.15) is 52.4 Å². The Kier molecular flexibility index (Phi) is 5.23. The third kappa shape index (κ3) is 3.46. The standard InChI is InChI=1S/C18H35N3/c1-14(2)15-7-8-17(19-3)18(12-15)21-11-10-20-9-5-4-6-16(20)13-21/h14-19H,4-13H2,1-3H3. The fourth-order valence-corrected chi connectivity index (χ4v) is 5.01. The van der Waals surface area contributed by atoms with Crippen molar-refractivity contribution in [2.24, 2.45) is 11.8 Å². The van der Waals surface area contributed by atoms with Crippen molar-refractivity contribution in [3.05, 3.63) is 0 Å². The molecule has 0 bridgehead atoms. The van der Waals surface area contributed by atoms with Gasteiger partial charge < -0.3 is 5.32 Å². The highest BCUT2D eigenvalue weighted by molar-refractivity contribution is 4.95. The van der Waals surface area contributed by atoms with Gasteiger partial charge >= 0.3 is 0 Å². The van der Waals surface area contributed by atoms with Crippen LogP contribution in [-0.2, 0) is 0 Å². The van der Waals surface area contributed by atoms with Crippen LogP contribution < -0.4 is 5.32 Å². The molecule has 0 radical (unpaired) electrons. The van der Waals surface area contributed by atoms with Crippen molar-refractivity contribution in [3.8, 4) is 0 Å². The molecular weight excluding hydrogens is 258 g/mol. The third-order valence-electron chi connectivity index (χ3n) is 6.51. The molecule has 0 aromatic carbocycles. The van der Waals surface area contributed by atoms with Crippen molar-refractivity contribution in [2.75, 3.05) is 33.2 Å². The summed E-state index contributed by atoms with van der Waals surface area (Å²) in [6, 6.07) is 2.35. The van der Waals surface area contributed by atoms with E-state index in [1.165, 1.54) is 64.7 Å². The van der Waals surface area contributed by atoms with E-state index >= 15 is 0 Å². The molecule has 2 saturated heterocycles. The van der Waals surface area contributed by atoms with Gasteiger partial charge in [-0.25, -0.2) is 0 Å². The van der Waals surface area contributed by atoms with Crippen molar-refractivity contribution < 1.29 is 0 Å². The van der Waals surface area contributed by atoms with E-state index in [9.17, 15) is 0 Å². The van der Waals surface area contributed by atoms with E-state index in [4.69, 9.17) is 0 Å². The lowest BCUT2D eigenvalue weighted by Crippen LogP contribution is -2.61. The first-order valence-electron chi connectivity index (χ1n) is 9.34. The van der Waals surface area contributed by atoms with Gasteiger partial charge in [-0.1, -0.05) is 20.3 Å². The van der Waals surface area contributed by atoms with Crippen molar-refractivity contribution in [3.63, 3.8) is 0 Å². The van der Waals surface area contributed by atoms with Crippen LogP contribution in [-0.4, -0.2) is 61.2 Å². The average Bonchev–Trinajstić information content (AvgIpc) is 2.53. The molecule has 0 aromatic heterocycles. The quantitative estimate of drug-likeness (QED) is 0.863. The summed E-state index contributed by atoms with van der Waals surface area (Å²) < 4.78 is 0. The van der Waals surface area contributed by atoms with Gasteiger partial charge in [-0.05, 0) is 57.5 Å². The zero-order chi connectivity index (χ0) is 14.8. The van der Waals surface area contributed by atoms with Gasteiger partial charge in [0.05, 0.1) is 0 Å². The minimum absolute atomic E-state index is 0.718. The lowest BCUT2D eigenvalue weighted by Gasteiger charge is -2.50. The molecule has 21 heavy (non-hydrogen) atoms. The monoisotopic (exact) mass is 293 g/mol. The van der Waals surface area contributed by atoms with Gasteiger partial charge in [-0.15, -0.1) is 0 Å². The van der Waals surface area contributed by atoms with Crippen LogP contribution in [0.25, 0.3) is 0 Å². The van der Waals surface area contributed by atoms with Crippen LogP contribution in [0, 0.1) is 11.8 Å². The van der Waals surface area contributed by atoms with Gasteiger partial charge in [-0.2, -0.15) is 0 Å². The Labute approximate surface area is 131 Å². The van der Waals surface area contributed by atoms with Gasteiger partial charge in [-0.3, -0.25) is 9.80 Å². The summed E-state index contributed by atoms with van der Waals surface area (Å²) in [5.74, 6) is 1.78. The summed E-state index contributed by atoms with van der Waals surface area (Å²) in [7, 11) is 2.17. The maximum atomic E-state index is 3.63. The summed E-state index contributed by atoms with van der Waals surface area (Å²) in [6.45, 7) is 10.1. The van der Waals surface area contributed by atoms with Crippen molar-refractivity contribution in [1.29, 1.82) is 0 Å². The maximum Gasteiger partial charge on any atom is 0.0253 e. The Morgan fingerprint density at radius 3 is 2.52 bits per heavy atom. The molecule has 3 fully saturated rings. The molecule has 0 spiro atoms. The molecule has 0 aromatic rings. The van der Waals surface area contributed by atoms with Gasteiger partial charge in [0.1, 0.15) is 0 Å². The molecule has 1 saturated carbocycles. The summed E-state index contributed by atoms with van der Waals surface area (Å²) >= 11 is 0. The Balaban J connectivity index is 1.65. The highest BCUT2D eigenvalue weighted by Crippen LogP contribution is 2.34. The minimum Gasteiger partial charge on any atom is -0.315 e. The van der Waals surface area contributed by atoms with E-state index in [1.807, 2.05) is 0 Å². The van der Waals surface area contributed by atoms with E-state index in [1.54, 1.807) is 0 Å². The topological polar surface area (TPSA) is 18.5 Å². The molecular formula is C18H35N3. The molecule has 4 unspecified atom stereocenters. The predicted octanol–water partition coefficient (Wildman–Crippen LogP) is 2.57. The van der Waals surface area contributed by atoms with E-state index < -0.39 is 0 Å². The third-order valence-corrected chi connectivity index (χ3v) is 6.51. The smallest absolute Gasteiger partial charge is 0.0253 e. The van der Waals surface area contributed by atoms with E-state index in [0.717, 1.165) is 30.0 Å². The van der Waals surface area contributed by atoms with Gasteiger partial charge in [0.15, 0.2) is 0 Å². The zero-order valence-corrected chi connectivity index (χ0v) is 14.4. The molecule has 122 valence electrons. The number of hydrogen-bond donors (Lipinski definition) is 1. The molecule has 4 atom stereocenters. The molecule has 3 heteroatoms. The van der Waals surface area contributed by atoms with Crippen LogP contribution in [0.3, 0.4) is 0 Å². The number of hydrogen-bond acceptors (Lipinski definition) is 3. The van der Waals surface area contributed by atoms with E-state index in [0.29, 0.717) is 0 Å². The fraction of sp³-hybridized carbons (Fsp3) is 1.00. The first-order valence-corrected chi connectivity index (χ1v) is 9.34. The van der Waals surface area contributed by atoms with E-state index in [2.05, 4.69) is 36.0 Å². The molecule has 2 heterocycles. The molecule has 1 aliphatic carbocycles. The Morgan fingerprint density at radius 1 is 0.952 bits per heavy atom. The minimum atomic E-state index is 0.718. The molecule has 2 aliphatic heterocycles. The largest absolute Gasteiger partial charge is 0.315 e. The summed E-state index contributed by atoms with van der Waals surface area (Å²) in [4.78, 5) is 5.61. The van der Waals surface area contributed by atoms with E-state index in [-0.39, 0.29) is 0 Å². The number of nitrogens with one attached hydrogen (secondary N) is 1. The Hall–Kier alpha value is -0.120. The number of piperazine rings is 1. The Bertz CT molecular complexity index is 330. The second-order valence-electron chi connectivity index (χ2n) is 7.96. The van der Waals surface area contributed by atoms with Gasteiger partial charge in [0.25, 0.3) is 0 Å². The van der Waals surface area contributed by atoms with Crippen molar-refractivity contribution in [2.45, 2.75) is 70.5 Å². The number of likely N-dealkylation sites (N-methyl/N-ethyl adjacent to an activating group) is 1. The van der Waals surface area contributed by atoms with Crippen molar-refractivity contribution in [1.82, 2.24) is 15.1 Å². The average molecular weight is 293 g/mol. The number of rotatable bonds is 3. The molecule has 0 amide bonds. The maximum absolute atomic E-state index is 3.63. The van der Waals surface area contributed by atoms with Crippen LogP contribution in [0.15, 0.2) is 0 Å². The normalized spacial score (nSPS) is 39.4. The van der Waals surface area contributed by atoms with Crippen LogP contribution in [0.4, 0.5) is 0 Å². The molecule has 3 nitrogen and oxygen atoms in total. The van der Waals surface area contributed by atoms with Crippen LogP contribution >= 0.6 is 0 Å². The van der Waals surface area contributed by atoms with Crippen LogP contribution in [0.5, 0.6) is 0 Å². The second kappa shape index (κ2) is 6.97. The number of fused-ring (bicyclic) bond motifs is 1. The lowest BCUT2D eigenvalue weighted by atomic mass is 9.76. The molecule has 1 N–H and O–H groups in total. The summed E-state index contributed by atoms with van der Waals surface area (Å²) in [5.41, 5.74) is 0. The molecule has 3 aliphatic rings. The molecule has 3 rings (SSSR count). The van der Waals surface area contributed by atoms with Crippen LogP contribution in [0.2, 0.25) is 0 Å². The fourth-order valence-electron chi connectivity index (χ4n) is 5.01. The van der Waals surface area contributed by atoms with Gasteiger partial charge in [0, 0.05) is 37.8 Å². The first-order chi connectivity index (χ1) is 10.2. The summed E-state index contributed by atoms with van der Waals surface area (Å²) in [5, 5.41) is 3.63. The second-order valence-corrected chi connectivity index (χ2v) is 7.96. The summed E-state index contributed by atoms with van der Waals surface area (Å²) in [6.07, 6.45) is 8.51. The highest BCUT2D eigenvalue weighted by Gasteiger charge is 2.38. The number of nitrogens with zero attached hydrogens (tertiary/aromatic N) is 2. The lowest BCUT2D eigenvalue weighted by molar-refractivity contribution is -0.00114. The zero-order valence-electron chi connectivity index (χ0n) is 14.4. The van der Waals surface area contributed by atoms with Gasteiger partial charge in [0.2, 0.25) is 0 Å². The van der Waals surface area contributed by atoms with Crippen molar-refractivity contribution >= 4 is 0 Å². The SMILES string of the molecule is CNC1CCC(C(C)C)CC1N1CCN2CCCCC2C1.